The number of amides is 1. The summed E-state index contributed by atoms with van der Waals surface area (Å²) >= 11 is 0. The van der Waals surface area contributed by atoms with Crippen LogP contribution in [0.25, 0.3) is 0 Å². The third-order valence-electron chi connectivity index (χ3n) is 4.52. The second-order valence-electron chi connectivity index (χ2n) is 7.65. The molecule has 0 atom stereocenters. The summed E-state index contributed by atoms with van der Waals surface area (Å²) < 4.78 is 2.00. The van der Waals surface area contributed by atoms with Crippen molar-refractivity contribution in [3.8, 4) is 0 Å². The van der Waals surface area contributed by atoms with Crippen LogP contribution in [0.4, 0.5) is 0 Å². The predicted octanol–water partition coefficient (Wildman–Crippen LogP) is 2.02. The van der Waals surface area contributed by atoms with Crippen LogP contribution in [0, 0.1) is 5.41 Å². The van der Waals surface area contributed by atoms with Crippen LogP contribution in [0.1, 0.15) is 68.6 Å². The molecule has 1 aromatic rings. The van der Waals surface area contributed by atoms with E-state index in [1.54, 1.807) is 0 Å². The van der Waals surface area contributed by atoms with E-state index < -0.39 is 0 Å². The van der Waals surface area contributed by atoms with Crippen molar-refractivity contribution in [2.45, 2.75) is 57.9 Å². The standard InChI is InChI=1S/C16H25N3O2/c1-15(2,3)19-13(11-4-5-11)8-12(18-19)14(21)17-9-16(10-20)6-7-16/h8,11,20H,4-7,9-10H2,1-3H3,(H,17,21). The van der Waals surface area contributed by atoms with E-state index in [0.29, 0.717) is 18.2 Å². The van der Waals surface area contributed by atoms with Crippen LogP contribution in [0.5, 0.6) is 0 Å². The minimum atomic E-state index is -0.125. The number of carbonyl (C=O) groups is 1. The highest BCUT2D eigenvalue weighted by molar-refractivity contribution is 5.92. The van der Waals surface area contributed by atoms with Crippen molar-refractivity contribution < 1.29 is 9.90 Å². The maximum atomic E-state index is 12.3. The Morgan fingerprint density at radius 3 is 2.62 bits per heavy atom. The summed E-state index contributed by atoms with van der Waals surface area (Å²) in [5.74, 6) is 0.435. The van der Waals surface area contributed by atoms with Gasteiger partial charge >= 0.3 is 0 Å². The summed E-state index contributed by atoms with van der Waals surface area (Å²) in [4.78, 5) is 12.3. The minimum Gasteiger partial charge on any atom is -0.396 e. The predicted molar refractivity (Wildman–Crippen MR) is 80.3 cm³/mol. The molecule has 3 rings (SSSR count). The molecule has 0 spiro atoms. The Bertz CT molecular complexity index is 548. The fraction of sp³-hybridized carbons (Fsp3) is 0.750. The Morgan fingerprint density at radius 1 is 1.48 bits per heavy atom. The maximum absolute atomic E-state index is 12.3. The van der Waals surface area contributed by atoms with Crippen molar-refractivity contribution in [1.82, 2.24) is 15.1 Å². The van der Waals surface area contributed by atoms with Crippen LogP contribution < -0.4 is 5.32 Å². The summed E-state index contributed by atoms with van der Waals surface area (Å²) in [6.45, 7) is 7.02. The Hall–Kier alpha value is -1.36. The van der Waals surface area contributed by atoms with E-state index in [9.17, 15) is 9.90 Å². The molecule has 1 amide bonds. The number of nitrogens with one attached hydrogen (secondary N) is 1. The molecule has 0 aliphatic heterocycles. The average Bonchev–Trinajstić information content (AvgIpc) is 3.34. The molecule has 21 heavy (non-hydrogen) atoms. The van der Waals surface area contributed by atoms with Gasteiger partial charge in [0.05, 0.1) is 12.1 Å². The zero-order chi connectivity index (χ0) is 15.3. The van der Waals surface area contributed by atoms with Crippen molar-refractivity contribution >= 4 is 5.91 Å². The molecule has 0 unspecified atom stereocenters. The summed E-state index contributed by atoms with van der Waals surface area (Å²) in [7, 11) is 0. The van der Waals surface area contributed by atoms with E-state index in [-0.39, 0.29) is 23.5 Å². The van der Waals surface area contributed by atoms with Crippen LogP contribution >= 0.6 is 0 Å². The second kappa shape index (κ2) is 4.83. The Balaban J connectivity index is 1.74. The SMILES string of the molecule is CC(C)(C)n1nc(C(=O)NCC2(CO)CC2)cc1C1CC1. The number of rotatable bonds is 5. The van der Waals surface area contributed by atoms with Gasteiger partial charge in [0.25, 0.3) is 5.91 Å². The Labute approximate surface area is 125 Å². The Morgan fingerprint density at radius 2 is 2.14 bits per heavy atom. The van der Waals surface area contributed by atoms with Crippen LogP contribution in [-0.2, 0) is 5.54 Å². The number of carbonyl (C=O) groups excluding carboxylic acids is 1. The molecule has 0 saturated heterocycles. The van der Waals surface area contributed by atoms with E-state index in [1.807, 2.05) is 10.7 Å². The molecule has 2 aliphatic carbocycles. The van der Waals surface area contributed by atoms with E-state index in [4.69, 9.17) is 0 Å². The van der Waals surface area contributed by atoms with E-state index in [1.165, 1.54) is 18.5 Å². The van der Waals surface area contributed by atoms with Crippen LogP contribution in [0.3, 0.4) is 0 Å². The largest absolute Gasteiger partial charge is 0.396 e. The van der Waals surface area contributed by atoms with E-state index >= 15 is 0 Å². The molecular formula is C16H25N3O2. The average molecular weight is 291 g/mol. The molecule has 1 heterocycles. The lowest BCUT2D eigenvalue weighted by Crippen LogP contribution is -2.32. The molecule has 5 heteroatoms. The first-order valence-corrected chi connectivity index (χ1v) is 7.84. The molecule has 116 valence electrons. The minimum absolute atomic E-state index is 0.0679. The summed E-state index contributed by atoms with van der Waals surface area (Å²) in [6, 6.07) is 1.94. The number of aliphatic hydroxyl groups is 1. The van der Waals surface area contributed by atoms with Crippen molar-refractivity contribution in [2.75, 3.05) is 13.2 Å². The van der Waals surface area contributed by atoms with Gasteiger partial charge in [-0.1, -0.05) is 0 Å². The molecule has 0 aromatic carbocycles. The van der Waals surface area contributed by atoms with Crippen LogP contribution in [0.15, 0.2) is 6.07 Å². The highest BCUT2D eigenvalue weighted by Crippen LogP contribution is 2.44. The monoisotopic (exact) mass is 291 g/mol. The van der Waals surface area contributed by atoms with Gasteiger partial charge in [-0.25, -0.2) is 0 Å². The molecule has 5 nitrogen and oxygen atoms in total. The zero-order valence-electron chi connectivity index (χ0n) is 13.1. The highest BCUT2D eigenvalue weighted by Gasteiger charge is 2.42. The number of aromatic nitrogens is 2. The maximum Gasteiger partial charge on any atom is 0.271 e. The first-order chi connectivity index (χ1) is 9.85. The number of hydrogen-bond donors (Lipinski definition) is 2. The topological polar surface area (TPSA) is 67.2 Å². The van der Waals surface area contributed by atoms with Gasteiger partial charge in [0.1, 0.15) is 5.69 Å². The first kappa shape index (κ1) is 14.6. The molecule has 2 fully saturated rings. The lowest BCUT2D eigenvalue weighted by molar-refractivity contribution is 0.0928. The molecule has 0 radical (unpaired) electrons. The second-order valence-corrected chi connectivity index (χ2v) is 7.65. The number of aliphatic hydroxyl groups excluding tert-OH is 1. The summed E-state index contributed by atoms with van der Waals surface area (Å²) in [6.07, 6.45) is 4.37. The van der Waals surface area contributed by atoms with E-state index in [2.05, 4.69) is 31.2 Å². The number of nitrogens with zero attached hydrogens (tertiary/aromatic N) is 2. The normalized spacial score (nSPS) is 20.4. The van der Waals surface area contributed by atoms with Gasteiger partial charge in [0.15, 0.2) is 0 Å². The van der Waals surface area contributed by atoms with Gasteiger partial charge in [-0.15, -0.1) is 0 Å². The molecule has 1 aromatic heterocycles. The quantitative estimate of drug-likeness (QED) is 0.872. The van der Waals surface area contributed by atoms with Gasteiger partial charge in [-0.3, -0.25) is 9.48 Å². The zero-order valence-corrected chi connectivity index (χ0v) is 13.1. The smallest absolute Gasteiger partial charge is 0.271 e. The third-order valence-corrected chi connectivity index (χ3v) is 4.52. The van der Waals surface area contributed by atoms with Crippen LogP contribution in [0.2, 0.25) is 0 Å². The highest BCUT2D eigenvalue weighted by atomic mass is 16.3. The fourth-order valence-corrected chi connectivity index (χ4v) is 2.64. The van der Waals surface area contributed by atoms with Gasteiger partial charge in [-0.2, -0.15) is 5.10 Å². The summed E-state index contributed by atoms with van der Waals surface area (Å²) in [5, 5.41) is 16.8. The van der Waals surface area contributed by atoms with Crippen molar-refractivity contribution in [1.29, 1.82) is 0 Å². The molecule has 2 aliphatic rings. The molecule has 0 bridgehead atoms. The lowest BCUT2D eigenvalue weighted by atomic mass is 10.1. The van der Waals surface area contributed by atoms with Crippen molar-refractivity contribution in [2.24, 2.45) is 5.41 Å². The third kappa shape index (κ3) is 2.98. The van der Waals surface area contributed by atoms with Crippen molar-refractivity contribution in [3.05, 3.63) is 17.5 Å². The van der Waals surface area contributed by atoms with Gasteiger partial charge in [0, 0.05) is 23.6 Å². The Kier molecular flexibility index (Phi) is 3.35. The number of hydrogen-bond acceptors (Lipinski definition) is 3. The molecular weight excluding hydrogens is 266 g/mol. The molecule has 2 N–H and O–H groups in total. The van der Waals surface area contributed by atoms with E-state index in [0.717, 1.165) is 12.8 Å². The van der Waals surface area contributed by atoms with Crippen LogP contribution in [-0.4, -0.2) is 33.9 Å². The van der Waals surface area contributed by atoms with Gasteiger partial charge < -0.3 is 10.4 Å². The lowest BCUT2D eigenvalue weighted by Gasteiger charge is -2.22. The van der Waals surface area contributed by atoms with Crippen molar-refractivity contribution in [3.63, 3.8) is 0 Å². The first-order valence-electron chi connectivity index (χ1n) is 7.84. The van der Waals surface area contributed by atoms with Gasteiger partial charge in [-0.05, 0) is 52.5 Å². The fourth-order valence-electron chi connectivity index (χ4n) is 2.64. The molecule has 2 saturated carbocycles. The summed E-state index contributed by atoms with van der Waals surface area (Å²) in [5.41, 5.74) is 1.50. The van der Waals surface area contributed by atoms with Gasteiger partial charge in [0.2, 0.25) is 0 Å².